The van der Waals surface area contributed by atoms with Crippen LogP contribution in [0.25, 0.3) is 0 Å². The summed E-state index contributed by atoms with van der Waals surface area (Å²) in [6.45, 7) is 0.808. The molecule has 3 heteroatoms. The van der Waals surface area contributed by atoms with E-state index in [0.29, 0.717) is 6.54 Å². The predicted molar refractivity (Wildman–Crippen MR) is 78.4 cm³/mol. The van der Waals surface area contributed by atoms with E-state index in [-0.39, 0.29) is 23.3 Å². The number of nitrogens with one attached hydrogen (secondary N) is 1. The molecule has 1 aromatic rings. The van der Waals surface area contributed by atoms with Crippen LogP contribution in [-0.4, -0.2) is 24.2 Å². The van der Waals surface area contributed by atoms with Crippen LogP contribution in [-0.2, 0) is 10.2 Å². The van der Waals surface area contributed by atoms with Crippen molar-refractivity contribution in [2.75, 3.05) is 13.2 Å². The smallest absolute Gasteiger partial charge is 0.230 e. The van der Waals surface area contributed by atoms with Crippen LogP contribution in [0.5, 0.6) is 0 Å². The molecule has 2 aliphatic rings. The highest BCUT2D eigenvalue weighted by Gasteiger charge is 2.46. The van der Waals surface area contributed by atoms with Crippen LogP contribution in [0.1, 0.15) is 44.1 Å². The quantitative estimate of drug-likeness (QED) is 0.865. The van der Waals surface area contributed by atoms with Gasteiger partial charge in [0.15, 0.2) is 0 Å². The topological polar surface area (TPSA) is 49.3 Å². The molecule has 0 atom stereocenters. The third kappa shape index (κ3) is 2.35. The first-order chi connectivity index (χ1) is 9.71. The van der Waals surface area contributed by atoms with Crippen LogP contribution in [0.4, 0.5) is 0 Å². The Morgan fingerprint density at radius 1 is 1.10 bits per heavy atom. The molecule has 0 heterocycles. The standard InChI is InChI=1S/C17H23NO2/c19-13-16(10-11-16)12-18-15(20)17(8-4-5-9-17)14-6-2-1-3-7-14/h1-3,6-7,19H,4-5,8-13H2,(H,18,20). The van der Waals surface area contributed by atoms with Gasteiger partial charge in [0.05, 0.1) is 12.0 Å². The summed E-state index contributed by atoms with van der Waals surface area (Å²) in [6.07, 6.45) is 6.18. The summed E-state index contributed by atoms with van der Waals surface area (Å²) in [5, 5.41) is 12.5. The Hall–Kier alpha value is -1.35. The first kappa shape index (κ1) is 13.6. The van der Waals surface area contributed by atoms with Crippen LogP contribution in [0.3, 0.4) is 0 Å². The maximum Gasteiger partial charge on any atom is 0.230 e. The summed E-state index contributed by atoms with van der Waals surface area (Å²) >= 11 is 0. The van der Waals surface area contributed by atoms with Gasteiger partial charge in [-0.2, -0.15) is 0 Å². The first-order valence-corrected chi connectivity index (χ1v) is 7.66. The minimum absolute atomic E-state index is 0.0217. The average Bonchev–Trinajstić information content (AvgIpc) is 3.11. The largest absolute Gasteiger partial charge is 0.396 e. The highest BCUT2D eigenvalue weighted by Crippen LogP contribution is 2.45. The number of aliphatic hydroxyl groups excluding tert-OH is 1. The van der Waals surface area contributed by atoms with Gasteiger partial charge in [-0.15, -0.1) is 0 Å². The minimum Gasteiger partial charge on any atom is -0.396 e. The first-order valence-electron chi connectivity index (χ1n) is 7.66. The molecule has 2 N–H and O–H groups in total. The van der Waals surface area contributed by atoms with E-state index in [2.05, 4.69) is 17.4 Å². The SMILES string of the molecule is O=C(NCC1(CO)CC1)C1(c2ccccc2)CCCC1. The molecular formula is C17H23NO2. The molecule has 108 valence electrons. The zero-order valence-electron chi connectivity index (χ0n) is 11.9. The normalized spacial score (nSPS) is 22.4. The summed E-state index contributed by atoms with van der Waals surface area (Å²) in [5.74, 6) is 0.154. The van der Waals surface area contributed by atoms with Crippen molar-refractivity contribution in [1.29, 1.82) is 0 Å². The van der Waals surface area contributed by atoms with Crippen molar-refractivity contribution in [2.45, 2.75) is 43.9 Å². The van der Waals surface area contributed by atoms with Crippen LogP contribution in [0.2, 0.25) is 0 Å². The van der Waals surface area contributed by atoms with E-state index in [0.717, 1.165) is 44.1 Å². The van der Waals surface area contributed by atoms with Crippen molar-refractivity contribution >= 4 is 5.91 Å². The second kappa shape index (κ2) is 5.21. The molecule has 0 unspecified atom stereocenters. The Morgan fingerprint density at radius 3 is 2.30 bits per heavy atom. The number of rotatable bonds is 5. The monoisotopic (exact) mass is 273 g/mol. The second-order valence-electron chi connectivity index (χ2n) is 6.50. The van der Waals surface area contributed by atoms with E-state index in [1.807, 2.05) is 18.2 Å². The Kier molecular flexibility index (Phi) is 3.55. The van der Waals surface area contributed by atoms with Gasteiger partial charge >= 0.3 is 0 Å². The maximum absolute atomic E-state index is 12.8. The summed E-state index contributed by atoms with van der Waals surface area (Å²) in [4.78, 5) is 12.8. The van der Waals surface area contributed by atoms with Crippen molar-refractivity contribution in [3.8, 4) is 0 Å². The molecule has 2 saturated carbocycles. The van der Waals surface area contributed by atoms with E-state index in [9.17, 15) is 9.90 Å². The predicted octanol–water partition coefficient (Wildman–Crippen LogP) is 2.39. The van der Waals surface area contributed by atoms with E-state index >= 15 is 0 Å². The second-order valence-corrected chi connectivity index (χ2v) is 6.50. The van der Waals surface area contributed by atoms with E-state index in [1.54, 1.807) is 0 Å². The highest BCUT2D eigenvalue weighted by atomic mass is 16.3. The Balaban J connectivity index is 1.75. The van der Waals surface area contributed by atoms with E-state index in [4.69, 9.17) is 0 Å². The molecule has 1 amide bonds. The Labute approximate surface area is 120 Å². The van der Waals surface area contributed by atoms with E-state index in [1.165, 1.54) is 0 Å². The van der Waals surface area contributed by atoms with Gasteiger partial charge in [0, 0.05) is 12.0 Å². The Morgan fingerprint density at radius 2 is 1.75 bits per heavy atom. The van der Waals surface area contributed by atoms with Gasteiger partial charge in [-0.1, -0.05) is 43.2 Å². The van der Waals surface area contributed by atoms with Crippen molar-refractivity contribution in [3.05, 3.63) is 35.9 Å². The number of hydrogen-bond acceptors (Lipinski definition) is 2. The number of aliphatic hydroxyl groups is 1. The zero-order valence-corrected chi connectivity index (χ0v) is 11.9. The number of hydrogen-bond donors (Lipinski definition) is 2. The van der Waals surface area contributed by atoms with Crippen molar-refractivity contribution < 1.29 is 9.90 Å². The van der Waals surface area contributed by atoms with Gasteiger partial charge in [-0.05, 0) is 31.2 Å². The fourth-order valence-corrected chi connectivity index (χ4v) is 3.39. The summed E-state index contributed by atoms with van der Waals surface area (Å²) in [5.41, 5.74) is 0.780. The van der Waals surface area contributed by atoms with Crippen molar-refractivity contribution in [2.24, 2.45) is 5.41 Å². The van der Waals surface area contributed by atoms with Crippen LogP contribution in [0, 0.1) is 5.41 Å². The number of benzene rings is 1. The minimum atomic E-state index is -0.340. The average molecular weight is 273 g/mol. The fraction of sp³-hybridized carbons (Fsp3) is 0.588. The van der Waals surface area contributed by atoms with Crippen molar-refractivity contribution in [3.63, 3.8) is 0 Å². The molecule has 0 bridgehead atoms. The Bertz CT molecular complexity index is 473. The van der Waals surface area contributed by atoms with Gasteiger partial charge in [0.2, 0.25) is 5.91 Å². The fourth-order valence-electron chi connectivity index (χ4n) is 3.39. The zero-order chi connectivity index (χ0) is 14.1. The molecule has 3 rings (SSSR count). The van der Waals surface area contributed by atoms with Gasteiger partial charge < -0.3 is 10.4 Å². The number of amides is 1. The molecule has 0 radical (unpaired) electrons. The molecule has 0 spiro atoms. The maximum atomic E-state index is 12.8. The summed E-state index contributed by atoms with van der Waals surface area (Å²) < 4.78 is 0. The van der Waals surface area contributed by atoms with Gasteiger partial charge in [-0.3, -0.25) is 4.79 Å². The van der Waals surface area contributed by atoms with Gasteiger partial charge in [-0.25, -0.2) is 0 Å². The van der Waals surface area contributed by atoms with Crippen molar-refractivity contribution in [1.82, 2.24) is 5.32 Å². The lowest BCUT2D eigenvalue weighted by atomic mass is 9.78. The van der Waals surface area contributed by atoms with Crippen LogP contribution in [0.15, 0.2) is 30.3 Å². The molecular weight excluding hydrogens is 250 g/mol. The third-order valence-electron chi connectivity index (χ3n) is 5.13. The van der Waals surface area contributed by atoms with E-state index < -0.39 is 0 Å². The lowest BCUT2D eigenvalue weighted by molar-refractivity contribution is -0.127. The molecule has 2 fully saturated rings. The summed E-state index contributed by atoms with van der Waals surface area (Å²) in [6, 6.07) is 10.2. The molecule has 2 aliphatic carbocycles. The van der Waals surface area contributed by atoms with Gasteiger partial charge in [0.25, 0.3) is 0 Å². The summed E-state index contributed by atoms with van der Waals surface area (Å²) in [7, 11) is 0. The highest BCUT2D eigenvalue weighted by molar-refractivity contribution is 5.88. The number of carbonyl (C=O) groups is 1. The third-order valence-corrected chi connectivity index (χ3v) is 5.13. The lowest BCUT2D eigenvalue weighted by Gasteiger charge is -2.29. The molecule has 3 nitrogen and oxygen atoms in total. The molecule has 1 aromatic carbocycles. The number of carbonyl (C=O) groups excluding carboxylic acids is 1. The van der Waals surface area contributed by atoms with Crippen LogP contribution < -0.4 is 5.32 Å². The van der Waals surface area contributed by atoms with Gasteiger partial charge in [0.1, 0.15) is 0 Å². The lowest BCUT2D eigenvalue weighted by Crippen LogP contribution is -2.45. The van der Waals surface area contributed by atoms with Crippen LogP contribution >= 0.6 is 0 Å². The molecule has 0 saturated heterocycles. The molecule has 0 aliphatic heterocycles. The molecule has 20 heavy (non-hydrogen) atoms. The molecule has 0 aromatic heterocycles.